The Balaban J connectivity index is 1.94. The number of nitrogens with zero attached hydrogens (tertiary/aromatic N) is 1. The van der Waals surface area contributed by atoms with Crippen molar-refractivity contribution >= 4 is 17.2 Å². The highest BCUT2D eigenvalue weighted by Gasteiger charge is 2.30. The van der Waals surface area contributed by atoms with Gasteiger partial charge in [-0.1, -0.05) is 50.3 Å². The van der Waals surface area contributed by atoms with Crippen molar-refractivity contribution in [2.24, 2.45) is 11.7 Å². The minimum atomic E-state index is -0.446. The summed E-state index contributed by atoms with van der Waals surface area (Å²) in [5, 5.41) is 10.5. The third-order valence-corrected chi connectivity index (χ3v) is 4.28. The van der Waals surface area contributed by atoms with Gasteiger partial charge >= 0.3 is 0 Å². The summed E-state index contributed by atoms with van der Waals surface area (Å²) < 4.78 is 0. The molecule has 1 aliphatic carbocycles. The van der Waals surface area contributed by atoms with Gasteiger partial charge in [0.2, 0.25) is 0 Å². The Morgan fingerprint density at radius 2 is 1.95 bits per heavy atom. The number of hydrogen-bond donors (Lipinski definition) is 2. The molecule has 0 heterocycles. The van der Waals surface area contributed by atoms with Crippen molar-refractivity contribution in [2.75, 3.05) is 13.1 Å². The summed E-state index contributed by atoms with van der Waals surface area (Å²) in [6.45, 7) is 6.28. The normalized spacial score (nSPS) is 16.4. The Hall–Kier alpha value is -0.970. The molecule has 0 radical (unpaired) electrons. The number of rotatable bonds is 8. The van der Waals surface area contributed by atoms with Crippen LogP contribution in [0, 0.1) is 5.92 Å². The Bertz CT molecular complexity index is 468. The van der Waals surface area contributed by atoms with Gasteiger partial charge in [0.15, 0.2) is 0 Å². The van der Waals surface area contributed by atoms with E-state index in [1.54, 1.807) is 0 Å². The molecule has 1 aromatic rings. The Labute approximate surface area is 133 Å². The lowest BCUT2D eigenvalue weighted by Gasteiger charge is -2.26. The lowest BCUT2D eigenvalue weighted by Crippen LogP contribution is -2.32. The summed E-state index contributed by atoms with van der Waals surface area (Å²) in [4.78, 5) is 2.83. The van der Waals surface area contributed by atoms with E-state index >= 15 is 0 Å². The van der Waals surface area contributed by atoms with E-state index in [1.165, 1.54) is 19.3 Å². The van der Waals surface area contributed by atoms with Crippen LogP contribution in [0.2, 0.25) is 0 Å². The summed E-state index contributed by atoms with van der Waals surface area (Å²) in [5.41, 5.74) is 7.38. The second-order valence-corrected chi connectivity index (χ2v) is 6.85. The van der Waals surface area contributed by atoms with Gasteiger partial charge in [-0.25, -0.2) is 0 Å². The van der Waals surface area contributed by atoms with E-state index in [0.717, 1.165) is 17.7 Å². The molecule has 0 aliphatic heterocycles. The van der Waals surface area contributed by atoms with Crippen molar-refractivity contribution in [3.05, 3.63) is 35.4 Å². The van der Waals surface area contributed by atoms with E-state index in [0.29, 0.717) is 23.5 Å². The summed E-state index contributed by atoms with van der Waals surface area (Å²) in [6.07, 6.45) is 3.28. The lowest BCUT2D eigenvalue weighted by molar-refractivity contribution is 0.105. The highest BCUT2D eigenvalue weighted by atomic mass is 32.1. The van der Waals surface area contributed by atoms with Gasteiger partial charge < -0.3 is 10.8 Å². The first-order valence-electron chi connectivity index (χ1n) is 7.79. The Morgan fingerprint density at radius 3 is 2.43 bits per heavy atom. The van der Waals surface area contributed by atoms with E-state index in [1.807, 2.05) is 24.3 Å². The van der Waals surface area contributed by atoms with Crippen LogP contribution >= 0.6 is 12.2 Å². The van der Waals surface area contributed by atoms with E-state index < -0.39 is 6.10 Å². The molecule has 3 nitrogen and oxygen atoms in total. The first-order valence-corrected chi connectivity index (χ1v) is 8.20. The molecular weight excluding hydrogens is 280 g/mol. The first kappa shape index (κ1) is 16.4. The topological polar surface area (TPSA) is 49.5 Å². The van der Waals surface area contributed by atoms with Crippen molar-refractivity contribution in [2.45, 2.75) is 45.3 Å². The molecule has 0 amide bonds. The fourth-order valence-corrected chi connectivity index (χ4v) is 2.62. The molecule has 1 atom stereocenters. The van der Waals surface area contributed by atoms with Gasteiger partial charge in [0.25, 0.3) is 0 Å². The minimum absolute atomic E-state index is 0.396. The van der Waals surface area contributed by atoms with Crippen LogP contribution in [-0.2, 0) is 0 Å². The predicted octanol–water partition coefficient (Wildman–Crippen LogP) is 2.86. The summed E-state index contributed by atoms with van der Waals surface area (Å²) in [5.74, 6) is 0.702. The van der Waals surface area contributed by atoms with Crippen molar-refractivity contribution in [3.63, 3.8) is 0 Å². The number of aliphatic hydroxyl groups is 1. The molecule has 1 fully saturated rings. The van der Waals surface area contributed by atoms with Crippen molar-refractivity contribution in [3.8, 4) is 0 Å². The van der Waals surface area contributed by atoms with Crippen LogP contribution in [0.3, 0.4) is 0 Å². The molecule has 21 heavy (non-hydrogen) atoms. The summed E-state index contributed by atoms with van der Waals surface area (Å²) in [6, 6.07) is 8.29. The number of benzene rings is 1. The zero-order chi connectivity index (χ0) is 15.4. The smallest absolute Gasteiger partial charge is 0.103 e. The van der Waals surface area contributed by atoms with E-state index in [2.05, 4.69) is 18.7 Å². The van der Waals surface area contributed by atoms with Gasteiger partial charge in [0.05, 0.1) is 6.10 Å². The highest BCUT2D eigenvalue weighted by molar-refractivity contribution is 7.80. The molecule has 2 rings (SSSR count). The average molecular weight is 306 g/mol. The van der Waals surface area contributed by atoms with Gasteiger partial charge in [-0.2, -0.15) is 0 Å². The molecule has 4 heteroatoms. The van der Waals surface area contributed by atoms with Crippen LogP contribution in [0.25, 0.3) is 0 Å². The zero-order valence-corrected chi connectivity index (χ0v) is 13.8. The molecular formula is C17H26N2OS. The van der Waals surface area contributed by atoms with Crippen LogP contribution in [-0.4, -0.2) is 34.1 Å². The van der Waals surface area contributed by atoms with Crippen LogP contribution in [0.4, 0.5) is 0 Å². The Morgan fingerprint density at radius 1 is 1.33 bits per heavy atom. The maximum absolute atomic E-state index is 10.5. The molecule has 0 bridgehead atoms. The summed E-state index contributed by atoms with van der Waals surface area (Å²) >= 11 is 4.95. The average Bonchev–Trinajstić information content (AvgIpc) is 3.27. The van der Waals surface area contributed by atoms with Crippen LogP contribution < -0.4 is 5.73 Å². The standard InChI is InChI=1S/C17H26N2OS/c1-12(2)9-10-19(15-7-8-15)11-16(20)13-3-5-14(6-4-13)17(18)21/h3-6,12,15-16,20H,7-11H2,1-2H3,(H2,18,21). The molecule has 0 aromatic heterocycles. The predicted molar refractivity (Wildman–Crippen MR) is 91.3 cm³/mol. The van der Waals surface area contributed by atoms with Crippen LogP contribution in [0.5, 0.6) is 0 Å². The van der Waals surface area contributed by atoms with Gasteiger partial charge in [-0.3, -0.25) is 4.90 Å². The van der Waals surface area contributed by atoms with Crippen LogP contribution in [0.15, 0.2) is 24.3 Å². The molecule has 0 spiro atoms. The molecule has 3 N–H and O–H groups in total. The van der Waals surface area contributed by atoms with Crippen molar-refractivity contribution in [1.29, 1.82) is 0 Å². The highest BCUT2D eigenvalue weighted by Crippen LogP contribution is 2.29. The number of nitrogens with two attached hydrogens (primary N) is 1. The number of thiocarbonyl (C=S) groups is 1. The van der Waals surface area contributed by atoms with Gasteiger partial charge in [-0.05, 0) is 37.3 Å². The SMILES string of the molecule is CC(C)CCN(CC(O)c1ccc(C(N)=S)cc1)C1CC1. The number of aliphatic hydroxyl groups excluding tert-OH is 1. The van der Waals surface area contributed by atoms with Crippen LogP contribution in [0.1, 0.15) is 50.3 Å². The fourth-order valence-electron chi connectivity index (χ4n) is 2.48. The fraction of sp³-hybridized carbons (Fsp3) is 0.588. The minimum Gasteiger partial charge on any atom is -0.389 e. The summed E-state index contributed by atoms with van der Waals surface area (Å²) in [7, 11) is 0. The number of hydrogen-bond acceptors (Lipinski definition) is 3. The van der Waals surface area contributed by atoms with E-state index in [9.17, 15) is 5.11 Å². The van der Waals surface area contributed by atoms with Crippen molar-refractivity contribution < 1.29 is 5.11 Å². The molecule has 1 saturated carbocycles. The van der Waals surface area contributed by atoms with Gasteiger partial charge in [0, 0.05) is 18.2 Å². The Kier molecular flexibility index (Phi) is 5.73. The third-order valence-electron chi connectivity index (χ3n) is 4.04. The molecule has 1 aromatic carbocycles. The second-order valence-electron chi connectivity index (χ2n) is 6.41. The largest absolute Gasteiger partial charge is 0.389 e. The molecule has 1 unspecified atom stereocenters. The molecule has 0 saturated heterocycles. The van der Waals surface area contributed by atoms with Crippen molar-refractivity contribution in [1.82, 2.24) is 4.90 Å². The maximum atomic E-state index is 10.5. The lowest BCUT2D eigenvalue weighted by atomic mass is 10.1. The van der Waals surface area contributed by atoms with Gasteiger partial charge in [-0.15, -0.1) is 0 Å². The molecule has 116 valence electrons. The third kappa shape index (κ3) is 5.06. The quantitative estimate of drug-likeness (QED) is 0.725. The first-order chi connectivity index (χ1) is 9.97. The maximum Gasteiger partial charge on any atom is 0.103 e. The van der Waals surface area contributed by atoms with E-state index in [-0.39, 0.29) is 0 Å². The zero-order valence-electron chi connectivity index (χ0n) is 13.0. The monoisotopic (exact) mass is 306 g/mol. The van der Waals surface area contributed by atoms with Gasteiger partial charge in [0.1, 0.15) is 4.99 Å². The molecule has 1 aliphatic rings. The van der Waals surface area contributed by atoms with E-state index in [4.69, 9.17) is 18.0 Å². The second kappa shape index (κ2) is 7.34.